The zero-order valence-electron chi connectivity index (χ0n) is 13.3. The van der Waals surface area contributed by atoms with E-state index in [0.29, 0.717) is 25.4 Å². The van der Waals surface area contributed by atoms with E-state index < -0.39 is 5.91 Å². The van der Waals surface area contributed by atoms with Crippen molar-refractivity contribution >= 4 is 23.2 Å². The highest BCUT2D eigenvalue weighted by molar-refractivity contribution is 7.09. The molecule has 2 amide bonds. The number of H-pyrrole nitrogens is 1. The summed E-state index contributed by atoms with van der Waals surface area (Å²) >= 11 is 1.42. The molecule has 0 aromatic carbocycles. The molecule has 1 aliphatic rings. The van der Waals surface area contributed by atoms with Crippen LogP contribution in [-0.4, -0.2) is 52.1 Å². The Morgan fingerprint density at radius 1 is 1.50 bits per heavy atom. The minimum atomic E-state index is -0.561. The molecule has 9 heteroatoms. The van der Waals surface area contributed by atoms with Gasteiger partial charge in [0, 0.05) is 37.2 Å². The first-order valence-electron chi connectivity index (χ1n) is 7.66. The Hall–Kier alpha value is -2.26. The van der Waals surface area contributed by atoms with Crippen LogP contribution in [0, 0.1) is 0 Å². The lowest BCUT2D eigenvalue weighted by Crippen LogP contribution is -2.39. The third-order valence-electron chi connectivity index (χ3n) is 4.04. The van der Waals surface area contributed by atoms with Gasteiger partial charge in [0.25, 0.3) is 11.8 Å². The fourth-order valence-corrected chi connectivity index (χ4v) is 3.59. The number of methoxy groups -OCH3 is 1. The van der Waals surface area contributed by atoms with Crippen LogP contribution >= 0.6 is 11.3 Å². The molecule has 8 nitrogen and oxygen atoms in total. The maximum Gasteiger partial charge on any atom is 0.273 e. The molecule has 1 atom stereocenters. The van der Waals surface area contributed by atoms with Gasteiger partial charge < -0.3 is 15.4 Å². The lowest BCUT2D eigenvalue weighted by Gasteiger charge is -2.31. The fraction of sp³-hybridized carbons (Fsp3) is 0.467. The zero-order chi connectivity index (χ0) is 17.1. The van der Waals surface area contributed by atoms with Crippen molar-refractivity contribution in [1.82, 2.24) is 20.1 Å². The van der Waals surface area contributed by atoms with Gasteiger partial charge in [-0.2, -0.15) is 5.10 Å². The monoisotopic (exact) mass is 349 g/mol. The van der Waals surface area contributed by atoms with Gasteiger partial charge in [0.15, 0.2) is 0 Å². The molecule has 1 fully saturated rings. The second kappa shape index (κ2) is 7.10. The van der Waals surface area contributed by atoms with Crippen molar-refractivity contribution in [2.45, 2.75) is 25.4 Å². The molecule has 3 N–H and O–H groups in total. The molecule has 0 aliphatic carbocycles. The predicted octanol–water partition coefficient (Wildman–Crippen LogP) is 1.13. The van der Waals surface area contributed by atoms with Crippen LogP contribution in [0.3, 0.4) is 0 Å². The number of amides is 2. The standard InChI is InChI=1S/C15H19N5O3S/c1-23-7-13-17-12(8-24-13)15(22)20-4-2-3-9(6-20)10-5-11(14(16)21)19-18-10/h5,8-9H,2-4,6-7H2,1H3,(H2,16,21)(H,18,19). The summed E-state index contributed by atoms with van der Waals surface area (Å²) in [6.07, 6.45) is 1.81. The number of hydrogen-bond donors (Lipinski definition) is 2. The first-order valence-corrected chi connectivity index (χ1v) is 8.54. The molecule has 128 valence electrons. The molecule has 0 radical (unpaired) electrons. The highest BCUT2D eigenvalue weighted by atomic mass is 32.1. The minimum Gasteiger partial charge on any atom is -0.378 e. The number of primary amides is 1. The lowest BCUT2D eigenvalue weighted by atomic mass is 9.94. The number of rotatable bonds is 5. The number of likely N-dealkylation sites (tertiary alicyclic amines) is 1. The number of nitrogens with two attached hydrogens (primary N) is 1. The number of thiazole rings is 1. The number of nitrogens with one attached hydrogen (secondary N) is 1. The van der Waals surface area contributed by atoms with Gasteiger partial charge in [0.05, 0.1) is 6.61 Å². The molecule has 1 unspecified atom stereocenters. The van der Waals surface area contributed by atoms with Crippen LogP contribution in [0.25, 0.3) is 0 Å². The van der Waals surface area contributed by atoms with Gasteiger partial charge >= 0.3 is 0 Å². The van der Waals surface area contributed by atoms with Gasteiger partial charge in [0.2, 0.25) is 0 Å². The summed E-state index contributed by atoms with van der Waals surface area (Å²) in [4.78, 5) is 29.9. The first kappa shape index (κ1) is 16.6. The van der Waals surface area contributed by atoms with Crippen molar-refractivity contribution in [2.24, 2.45) is 5.73 Å². The topological polar surface area (TPSA) is 114 Å². The van der Waals surface area contributed by atoms with Crippen molar-refractivity contribution in [3.05, 3.63) is 33.5 Å². The Morgan fingerprint density at radius 2 is 2.33 bits per heavy atom. The molecule has 0 bridgehead atoms. The van der Waals surface area contributed by atoms with E-state index in [4.69, 9.17) is 10.5 Å². The van der Waals surface area contributed by atoms with Gasteiger partial charge in [-0.3, -0.25) is 14.7 Å². The van der Waals surface area contributed by atoms with E-state index in [1.807, 2.05) is 0 Å². The first-order chi connectivity index (χ1) is 11.6. The molecule has 24 heavy (non-hydrogen) atoms. The summed E-state index contributed by atoms with van der Waals surface area (Å²) in [6.45, 7) is 1.67. The Labute approximate surface area is 143 Å². The molecule has 1 saturated heterocycles. The summed E-state index contributed by atoms with van der Waals surface area (Å²) in [5.41, 5.74) is 6.74. The Kier molecular flexibility index (Phi) is 4.91. The molecule has 2 aromatic heterocycles. The maximum atomic E-state index is 12.6. The number of carbonyl (C=O) groups is 2. The molecule has 3 rings (SSSR count). The van der Waals surface area contributed by atoms with Crippen molar-refractivity contribution in [2.75, 3.05) is 20.2 Å². The van der Waals surface area contributed by atoms with Crippen LogP contribution < -0.4 is 5.73 Å². The normalized spacial score (nSPS) is 17.9. The SMILES string of the molecule is COCc1nc(C(=O)N2CCCC(c3cc(C(N)=O)n[nH]3)C2)cs1. The predicted molar refractivity (Wildman–Crippen MR) is 87.8 cm³/mol. The quantitative estimate of drug-likeness (QED) is 0.840. The summed E-state index contributed by atoms with van der Waals surface area (Å²) < 4.78 is 5.04. The second-order valence-corrected chi connectivity index (χ2v) is 6.67. The van der Waals surface area contributed by atoms with Crippen LogP contribution in [0.4, 0.5) is 0 Å². The molecule has 0 spiro atoms. The van der Waals surface area contributed by atoms with Crippen molar-refractivity contribution in [1.29, 1.82) is 0 Å². The molecular formula is C15H19N5O3S. The lowest BCUT2D eigenvalue weighted by molar-refractivity contribution is 0.0700. The average molecular weight is 349 g/mol. The van der Waals surface area contributed by atoms with Crippen molar-refractivity contribution in [3.63, 3.8) is 0 Å². The molecule has 1 aliphatic heterocycles. The van der Waals surface area contributed by atoms with Crippen LogP contribution in [0.2, 0.25) is 0 Å². The van der Waals surface area contributed by atoms with E-state index in [0.717, 1.165) is 23.5 Å². The zero-order valence-corrected chi connectivity index (χ0v) is 14.1. The highest BCUT2D eigenvalue weighted by Crippen LogP contribution is 2.27. The summed E-state index contributed by atoms with van der Waals surface area (Å²) in [5, 5.41) is 9.32. The highest BCUT2D eigenvalue weighted by Gasteiger charge is 2.28. The minimum absolute atomic E-state index is 0.0760. The summed E-state index contributed by atoms with van der Waals surface area (Å²) in [5.74, 6) is -0.525. The average Bonchev–Trinajstić information content (AvgIpc) is 3.24. The molecule has 3 heterocycles. The maximum absolute atomic E-state index is 12.6. The summed E-state index contributed by atoms with van der Waals surface area (Å²) in [6, 6.07) is 1.67. The largest absolute Gasteiger partial charge is 0.378 e. The van der Waals surface area contributed by atoms with Gasteiger partial charge in [-0.25, -0.2) is 4.98 Å². The van der Waals surface area contributed by atoms with Crippen LogP contribution in [0.15, 0.2) is 11.4 Å². The molecule has 0 saturated carbocycles. The Morgan fingerprint density at radius 3 is 3.04 bits per heavy atom. The molecular weight excluding hydrogens is 330 g/mol. The number of carbonyl (C=O) groups excluding carboxylic acids is 2. The van der Waals surface area contributed by atoms with E-state index in [9.17, 15) is 9.59 Å². The van der Waals surface area contributed by atoms with Crippen LogP contribution in [0.1, 0.15) is 50.4 Å². The number of ether oxygens (including phenoxy) is 1. The number of nitrogens with zero attached hydrogens (tertiary/aromatic N) is 3. The van der Waals surface area contributed by atoms with Gasteiger partial charge in [-0.1, -0.05) is 0 Å². The Balaban J connectivity index is 1.69. The van der Waals surface area contributed by atoms with E-state index in [1.165, 1.54) is 11.3 Å². The third kappa shape index (κ3) is 3.46. The van der Waals surface area contributed by atoms with Gasteiger partial charge in [-0.05, 0) is 18.9 Å². The fourth-order valence-electron chi connectivity index (χ4n) is 2.85. The number of aromatic amines is 1. The van der Waals surface area contributed by atoms with E-state index in [1.54, 1.807) is 23.5 Å². The van der Waals surface area contributed by atoms with Crippen LogP contribution in [-0.2, 0) is 11.3 Å². The van der Waals surface area contributed by atoms with Gasteiger partial charge in [-0.15, -0.1) is 11.3 Å². The second-order valence-electron chi connectivity index (χ2n) is 5.72. The van der Waals surface area contributed by atoms with Gasteiger partial charge in [0.1, 0.15) is 16.4 Å². The number of piperidine rings is 1. The Bertz CT molecular complexity index is 741. The van der Waals surface area contributed by atoms with Crippen LogP contribution in [0.5, 0.6) is 0 Å². The van der Waals surface area contributed by atoms with E-state index in [2.05, 4.69) is 15.2 Å². The number of hydrogen-bond acceptors (Lipinski definition) is 6. The van der Waals surface area contributed by atoms with Crippen molar-refractivity contribution < 1.29 is 14.3 Å². The smallest absolute Gasteiger partial charge is 0.273 e. The number of aromatic nitrogens is 3. The van der Waals surface area contributed by atoms with Crippen molar-refractivity contribution in [3.8, 4) is 0 Å². The summed E-state index contributed by atoms with van der Waals surface area (Å²) in [7, 11) is 1.60. The third-order valence-corrected chi connectivity index (χ3v) is 4.86. The molecule has 2 aromatic rings. The van der Waals surface area contributed by atoms with E-state index >= 15 is 0 Å². The van der Waals surface area contributed by atoms with E-state index in [-0.39, 0.29) is 17.5 Å².